The van der Waals surface area contributed by atoms with Gasteiger partial charge in [0.05, 0.1) is 11.0 Å². The molecule has 2 heterocycles. The number of hydrogen-bond acceptors (Lipinski definition) is 3. The normalized spacial score (nSPS) is 11.5. The minimum atomic E-state index is 0.962. The van der Waals surface area contributed by atoms with Crippen molar-refractivity contribution in [3.63, 3.8) is 0 Å². The first-order valence-corrected chi connectivity index (χ1v) is 6.25. The Morgan fingerprint density at radius 1 is 0.765 bits per heavy atom. The van der Waals surface area contributed by atoms with Crippen molar-refractivity contribution in [1.29, 1.82) is 0 Å². The summed E-state index contributed by atoms with van der Waals surface area (Å²) in [5, 5.41) is 2.58. The van der Waals surface area contributed by atoms with Gasteiger partial charge in [0.2, 0.25) is 0 Å². The van der Waals surface area contributed by atoms with E-state index in [4.69, 9.17) is 0 Å². The average Bonchev–Trinajstić information content (AvgIpc) is 2.73. The second-order valence-corrected chi connectivity index (χ2v) is 5.08. The molecule has 0 atom stereocenters. The SMILES string of the molecule is c1ccc2c(c1)sc1cc3nccnc3cc12. The van der Waals surface area contributed by atoms with Gasteiger partial charge in [-0.1, -0.05) is 18.2 Å². The molecule has 0 saturated heterocycles. The summed E-state index contributed by atoms with van der Waals surface area (Å²) >= 11 is 1.81. The predicted octanol–water partition coefficient (Wildman–Crippen LogP) is 4.00. The van der Waals surface area contributed by atoms with Crippen LogP contribution < -0.4 is 0 Å². The van der Waals surface area contributed by atoms with E-state index >= 15 is 0 Å². The minimum absolute atomic E-state index is 0.962. The lowest BCUT2D eigenvalue weighted by Crippen LogP contribution is -1.80. The van der Waals surface area contributed by atoms with Gasteiger partial charge in [-0.15, -0.1) is 11.3 Å². The van der Waals surface area contributed by atoms with E-state index in [1.807, 2.05) is 11.3 Å². The molecule has 0 aliphatic carbocycles. The maximum absolute atomic E-state index is 4.36. The first-order chi connectivity index (χ1) is 8.42. The van der Waals surface area contributed by atoms with Crippen LogP contribution >= 0.6 is 11.3 Å². The van der Waals surface area contributed by atoms with Gasteiger partial charge in [0.15, 0.2) is 0 Å². The van der Waals surface area contributed by atoms with Crippen LogP contribution in [0.2, 0.25) is 0 Å². The average molecular weight is 236 g/mol. The van der Waals surface area contributed by atoms with Crippen LogP contribution in [0.4, 0.5) is 0 Å². The highest BCUT2D eigenvalue weighted by Crippen LogP contribution is 2.35. The highest BCUT2D eigenvalue weighted by atomic mass is 32.1. The second-order valence-electron chi connectivity index (χ2n) is 3.99. The van der Waals surface area contributed by atoms with Crippen molar-refractivity contribution in [3.8, 4) is 0 Å². The van der Waals surface area contributed by atoms with Crippen LogP contribution in [0.25, 0.3) is 31.2 Å². The Hall–Kier alpha value is -2.00. The monoisotopic (exact) mass is 236 g/mol. The lowest BCUT2D eigenvalue weighted by molar-refractivity contribution is 1.30. The molecule has 0 N–H and O–H groups in total. The molecule has 2 nitrogen and oxygen atoms in total. The second kappa shape index (κ2) is 3.25. The Morgan fingerprint density at radius 3 is 2.41 bits per heavy atom. The van der Waals surface area contributed by atoms with Gasteiger partial charge < -0.3 is 0 Å². The summed E-state index contributed by atoms with van der Waals surface area (Å²) in [6, 6.07) is 12.7. The number of rotatable bonds is 0. The summed E-state index contributed by atoms with van der Waals surface area (Å²) < 4.78 is 2.59. The fraction of sp³-hybridized carbons (Fsp3) is 0. The Morgan fingerprint density at radius 2 is 1.53 bits per heavy atom. The smallest absolute Gasteiger partial charge is 0.0901 e. The Labute approximate surface area is 102 Å². The first kappa shape index (κ1) is 9.07. The van der Waals surface area contributed by atoms with Gasteiger partial charge in [-0.05, 0) is 18.2 Å². The van der Waals surface area contributed by atoms with Crippen molar-refractivity contribution < 1.29 is 0 Å². The fourth-order valence-corrected chi connectivity index (χ4v) is 3.30. The highest BCUT2D eigenvalue weighted by Gasteiger charge is 2.06. The number of hydrogen-bond donors (Lipinski definition) is 0. The van der Waals surface area contributed by atoms with Crippen LogP contribution in [0.3, 0.4) is 0 Å². The van der Waals surface area contributed by atoms with E-state index in [0.29, 0.717) is 0 Å². The van der Waals surface area contributed by atoms with Gasteiger partial charge in [0.1, 0.15) is 0 Å². The van der Waals surface area contributed by atoms with Crippen LogP contribution in [-0.2, 0) is 0 Å². The molecule has 0 unspecified atom stereocenters. The molecule has 4 aromatic rings. The van der Waals surface area contributed by atoms with Gasteiger partial charge in [-0.3, -0.25) is 9.97 Å². The Kier molecular flexibility index (Phi) is 1.73. The summed E-state index contributed by atoms with van der Waals surface area (Å²) in [5.74, 6) is 0. The van der Waals surface area contributed by atoms with E-state index in [9.17, 15) is 0 Å². The molecule has 0 aliphatic rings. The molecule has 80 valence electrons. The third-order valence-corrected chi connectivity index (χ3v) is 4.10. The van der Waals surface area contributed by atoms with Crippen LogP contribution in [0, 0.1) is 0 Å². The van der Waals surface area contributed by atoms with Crippen LogP contribution in [0.15, 0.2) is 48.8 Å². The minimum Gasteiger partial charge on any atom is -0.253 e. The molecular formula is C14H8N2S. The molecular weight excluding hydrogens is 228 g/mol. The van der Waals surface area contributed by atoms with E-state index in [1.54, 1.807) is 12.4 Å². The third kappa shape index (κ3) is 1.26. The number of nitrogens with zero attached hydrogens (tertiary/aromatic N) is 2. The van der Waals surface area contributed by atoms with Crippen molar-refractivity contribution in [2.45, 2.75) is 0 Å². The lowest BCUT2D eigenvalue weighted by atomic mass is 10.1. The number of fused-ring (bicyclic) bond motifs is 4. The molecule has 0 radical (unpaired) electrons. The summed E-state index contributed by atoms with van der Waals surface area (Å²) in [4.78, 5) is 8.71. The molecule has 0 bridgehead atoms. The standard InChI is InChI=1S/C14H8N2S/c1-2-4-13-9(3-1)10-7-11-12(8-14(10)17-13)16-6-5-15-11/h1-8H. The fourth-order valence-electron chi connectivity index (χ4n) is 2.18. The zero-order chi connectivity index (χ0) is 11.2. The number of aromatic nitrogens is 2. The van der Waals surface area contributed by atoms with Crippen LogP contribution in [0.1, 0.15) is 0 Å². The molecule has 17 heavy (non-hydrogen) atoms. The molecule has 0 fully saturated rings. The predicted molar refractivity (Wildman–Crippen MR) is 72.4 cm³/mol. The summed E-state index contributed by atoms with van der Waals surface area (Å²) in [5.41, 5.74) is 1.93. The zero-order valence-electron chi connectivity index (χ0n) is 8.92. The third-order valence-electron chi connectivity index (χ3n) is 2.97. The molecule has 2 aromatic heterocycles. The molecule has 0 amide bonds. The van der Waals surface area contributed by atoms with Crippen molar-refractivity contribution in [2.24, 2.45) is 0 Å². The van der Waals surface area contributed by atoms with Gasteiger partial charge >= 0.3 is 0 Å². The van der Waals surface area contributed by atoms with Crippen molar-refractivity contribution in [3.05, 3.63) is 48.8 Å². The number of thiophene rings is 1. The van der Waals surface area contributed by atoms with E-state index in [1.165, 1.54) is 20.2 Å². The van der Waals surface area contributed by atoms with Crippen molar-refractivity contribution in [2.75, 3.05) is 0 Å². The Balaban J connectivity index is 2.28. The first-order valence-electron chi connectivity index (χ1n) is 5.44. The lowest BCUT2D eigenvalue weighted by Gasteiger charge is -1.96. The van der Waals surface area contributed by atoms with E-state index in [-0.39, 0.29) is 0 Å². The maximum atomic E-state index is 4.36. The van der Waals surface area contributed by atoms with Gasteiger partial charge in [0, 0.05) is 32.6 Å². The molecule has 2 aromatic carbocycles. The molecule has 0 spiro atoms. The van der Waals surface area contributed by atoms with Gasteiger partial charge in [0.25, 0.3) is 0 Å². The van der Waals surface area contributed by atoms with E-state index in [0.717, 1.165) is 11.0 Å². The van der Waals surface area contributed by atoms with E-state index in [2.05, 4.69) is 46.4 Å². The van der Waals surface area contributed by atoms with Crippen LogP contribution in [-0.4, -0.2) is 9.97 Å². The molecule has 4 rings (SSSR count). The number of benzene rings is 2. The molecule has 3 heteroatoms. The van der Waals surface area contributed by atoms with Gasteiger partial charge in [-0.2, -0.15) is 0 Å². The largest absolute Gasteiger partial charge is 0.253 e. The van der Waals surface area contributed by atoms with Crippen molar-refractivity contribution >= 4 is 42.5 Å². The highest BCUT2D eigenvalue weighted by molar-refractivity contribution is 7.25. The quantitative estimate of drug-likeness (QED) is 0.461. The molecule has 0 saturated carbocycles. The topological polar surface area (TPSA) is 25.8 Å². The van der Waals surface area contributed by atoms with E-state index < -0.39 is 0 Å². The molecule has 0 aliphatic heterocycles. The summed E-state index contributed by atoms with van der Waals surface area (Å²) in [7, 11) is 0. The van der Waals surface area contributed by atoms with Crippen LogP contribution in [0.5, 0.6) is 0 Å². The maximum Gasteiger partial charge on any atom is 0.0901 e. The van der Waals surface area contributed by atoms with Crippen molar-refractivity contribution in [1.82, 2.24) is 9.97 Å². The summed E-state index contributed by atoms with van der Waals surface area (Å²) in [6.45, 7) is 0. The zero-order valence-corrected chi connectivity index (χ0v) is 9.74. The Bertz CT molecular complexity index is 842. The van der Waals surface area contributed by atoms with Gasteiger partial charge in [-0.25, -0.2) is 0 Å². The summed E-state index contributed by atoms with van der Waals surface area (Å²) in [6.07, 6.45) is 3.48.